The summed E-state index contributed by atoms with van der Waals surface area (Å²) in [4.78, 5) is 0. The van der Waals surface area contributed by atoms with E-state index in [0.29, 0.717) is 5.56 Å². The summed E-state index contributed by atoms with van der Waals surface area (Å²) in [6.45, 7) is 2.11. The molecule has 1 N–H and O–H groups in total. The van der Waals surface area contributed by atoms with Gasteiger partial charge in [-0.05, 0) is 48.9 Å². The fourth-order valence-electron chi connectivity index (χ4n) is 1.75. The molecule has 2 nitrogen and oxygen atoms in total. The Kier molecular flexibility index (Phi) is 4.01. The van der Waals surface area contributed by atoms with Crippen LogP contribution in [-0.4, -0.2) is 0 Å². The van der Waals surface area contributed by atoms with E-state index in [1.165, 1.54) is 5.56 Å². The summed E-state index contributed by atoms with van der Waals surface area (Å²) in [5, 5.41) is 12.1. The highest BCUT2D eigenvalue weighted by Gasteiger charge is 2.05. The van der Waals surface area contributed by atoms with Crippen LogP contribution in [0.15, 0.2) is 53.0 Å². The van der Waals surface area contributed by atoms with E-state index < -0.39 is 0 Å². The van der Waals surface area contributed by atoms with Crippen molar-refractivity contribution in [3.63, 3.8) is 0 Å². The van der Waals surface area contributed by atoms with Crippen LogP contribution in [0.4, 0.5) is 5.69 Å². The van der Waals surface area contributed by atoms with Gasteiger partial charge in [0, 0.05) is 16.2 Å². The number of anilines is 1. The van der Waals surface area contributed by atoms with E-state index in [2.05, 4.69) is 46.4 Å². The van der Waals surface area contributed by atoms with Crippen LogP contribution >= 0.6 is 15.9 Å². The molecule has 0 heterocycles. The molecule has 0 aliphatic heterocycles. The highest BCUT2D eigenvalue weighted by Crippen LogP contribution is 2.22. The van der Waals surface area contributed by atoms with Gasteiger partial charge in [-0.25, -0.2) is 0 Å². The molecule has 2 rings (SSSR count). The van der Waals surface area contributed by atoms with Gasteiger partial charge in [-0.1, -0.05) is 28.1 Å². The Balaban J connectivity index is 2.11. The van der Waals surface area contributed by atoms with Gasteiger partial charge in [-0.3, -0.25) is 0 Å². The first-order valence-electron chi connectivity index (χ1n) is 5.71. The molecular formula is C15H13BrN2. The first-order valence-corrected chi connectivity index (χ1v) is 6.50. The topological polar surface area (TPSA) is 35.8 Å². The lowest BCUT2D eigenvalue weighted by Gasteiger charge is -2.16. The monoisotopic (exact) mass is 300 g/mol. The van der Waals surface area contributed by atoms with Crippen LogP contribution in [0.25, 0.3) is 0 Å². The maximum Gasteiger partial charge on any atom is 0.0991 e. The van der Waals surface area contributed by atoms with Crippen molar-refractivity contribution in [1.82, 2.24) is 0 Å². The molecule has 18 heavy (non-hydrogen) atoms. The van der Waals surface area contributed by atoms with Gasteiger partial charge in [0.15, 0.2) is 0 Å². The van der Waals surface area contributed by atoms with Crippen molar-refractivity contribution in [3.05, 3.63) is 64.1 Å². The molecule has 0 radical (unpaired) electrons. The van der Waals surface area contributed by atoms with E-state index in [1.54, 1.807) is 0 Å². The number of halogens is 1. The summed E-state index contributed by atoms with van der Waals surface area (Å²) in [5.74, 6) is 0. The Morgan fingerprint density at radius 2 is 1.89 bits per heavy atom. The Bertz CT molecular complexity index is 570. The molecule has 2 aromatic carbocycles. The fraction of sp³-hybridized carbons (Fsp3) is 0.133. The SMILES string of the molecule is CC(Nc1ccc(C#N)cc1)c1cccc(Br)c1. The summed E-state index contributed by atoms with van der Waals surface area (Å²) >= 11 is 3.47. The lowest BCUT2D eigenvalue weighted by Crippen LogP contribution is -2.06. The lowest BCUT2D eigenvalue weighted by molar-refractivity contribution is 0.884. The zero-order valence-corrected chi connectivity index (χ0v) is 11.6. The molecule has 0 fully saturated rings. The summed E-state index contributed by atoms with van der Waals surface area (Å²) < 4.78 is 1.08. The zero-order chi connectivity index (χ0) is 13.0. The molecule has 0 amide bonds. The minimum Gasteiger partial charge on any atom is -0.379 e. The molecule has 1 unspecified atom stereocenters. The molecule has 3 heteroatoms. The van der Waals surface area contributed by atoms with Crippen molar-refractivity contribution >= 4 is 21.6 Å². The first kappa shape index (κ1) is 12.7. The molecule has 0 bridgehead atoms. The second-order valence-electron chi connectivity index (χ2n) is 4.11. The predicted octanol–water partition coefficient (Wildman–Crippen LogP) is 4.49. The van der Waals surface area contributed by atoms with E-state index in [4.69, 9.17) is 5.26 Å². The van der Waals surface area contributed by atoms with Gasteiger partial charge < -0.3 is 5.32 Å². The van der Waals surface area contributed by atoms with E-state index >= 15 is 0 Å². The van der Waals surface area contributed by atoms with Gasteiger partial charge in [0.05, 0.1) is 11.6 Å². The zero-order valence-electron chi connectivity index (χ0n) is 10.0. The highest BCUT2D eigenvalue weighted by molar-refractivity contribution is 9.10. The van der Waals surface area contributed by atoms with Gasteiger partial charge in [-0.2, -0.15) is 5.26 Å². The Morgan fingerprint density at radius 1 is 1.17 bits per heavy atom. The van der Waals surface area contributed by atoms with Crippen molar-refractivity contribution in [2.75, 3.05) is 5.32 Å². The van der Waals surface area contributed by atoms with Crippen LogP contribution in [-0.2, 0) is 0 Å². The number of benzene rings is 2. The van der Waals surface area contributed by atoms with Crippen LogP contribution in [0.2, 0.25) is 0 Å². The molecule has 0 saturated heterocycles. The van der Waals surface area contributed by atoms with Gasteiger partial charge in [-0.15, -0.1) is 0 Å². The normalized spacial score (nSPS) is 11.6. The molecule has 2 aromatic rings. The number of rotatable bonds is 3. The third-order valence-corrected chi connectivity index (χ3v) is 3.24. The largest absolute Gasteiger partial charge is 0.379 e. The number of hydrogen-bond acceptors (Lipinski definition) is 2. The summed E-state index contributed by atoms with van der Waals surface area (Å²) in [6.07, 6.45) is 0. The van der Waals surface area contributed by atoms with Crippen molar-refractivity contribution in [2.45, 2.75) is 13.0 Å². The van der Waals surface area contributed by atoms with Crippen molar-refractivity contribution < 1.29 is 0 Å². The van der Waals surface area contributed by atoms with E-state index in [0.717, 1.165) is 10.2 Å². The van der Waals surface area contributed by atoms with Crippen LogP contribution in [0.1, 0.15) is 24.1 Å². The van der Waals surface area contributed by atoms with Crippen LogP contribution in [0.3, 0.4) is 0 Å². The summed E-state index contributed by atoms with van der Waals surface area (Å²) in [7, 11) is 0. The molecule has 90 valence electrons. The minimum absolute atomic E-state index is 0.218. The molecule has 1 atom stereocenters. The Morgan fingerprint density at radius 3 is 2.50 bits per heavy atom. The summed E-state index contributed by atoms with van der Waals surface area (Å²) in [6, 6.07) is 18.0. The van der Waals surface area contributed by atoms with Gasteiger partial charge in [0.25, 0.3) is 0 Å². The number of nitriles is 1. The molecule has 0 spiro atoms. The summed E-state index contributed by atoms with van der Waals surface area (Å²) in [5.41, 5.74) is 2.91. The third kappa shape index (κ3) is 3.12. The molecule has 0 aliphatic rings. The van der Waals surface area contributed by atoms with Crippen LogP contribution in [0.5, 0.6) is 0 Å². The Hall–Kier alpha value is -1.79. The molecule has 0 saturated carbocycles. The molecule has 0 aliphatic carbocycles. The van der Waals surface area contributed by atoms with Gasteiger partial charge in [0.1, 0.15) is 0 Å². The molecular weight excluding hydrogens is 288 g/mol. The van der Waals surface area contributed by atoms with Crippen LogP contribution in [0, 0.1) is 11.3 Å². The number of hydrogen-bond donors (Lipinski definition) is 1. The highest BCUT2D eigenvalue weighted by atomic mass is 79.9. The third-order valence-electron chi connectivity index (χ3n) is 2.75. The maximum absolute atomic E-state index is 8.74. The smallest absolute Gasteiger partial charge is 0.0991 e. The second-order valence-corrected chi connectivity index (χ2v) is 5.03. The number of nitrogens with one attached hydrogen (secondary N) is 1. The second kappa shape index (κ2) is 5.70. The van der Waals surface area contributed by atoms with Crippen molar-refractivity contribution in [2.24, 2.45) is 0 Å². The predicted molar refractivity (Wildman–Crippen MR) is 77.3 cm³/mol. The average molecular weight is 301 g/mol. The molecule has 0 aromatic heterocycles. The van der Waals surface area contributed by atoms with E-state index in [-0.39, 0.29) is 6.04 Å². The quantitative estimate of drug-likeness (QED) is 0.906. The van der Waals surface area contributed by atoms with Crippen LogP contribution < -0.4 is 5.32 Å². The average Bonchev–Trinajstić information content (AvgIpc) is 2.39. The fourth-order valence-corrected chi connectivity index (χ4v) is 2.17. The van der Waals surface area contributed by atoms with E-state index in [9.17, 15) is 0 Å². The van der Waals surface area contributed by atoms with Crippen molar-refractivity contribution in [3.8, 4) is 6.07 Å². The lowest BCUT2D eigenvalue weighted by atomic mass is 10.1. The standard InChI is InChI=1S/C15H13BrN2/c1-11(13-3-2-4-14(16)9-13)18-15-7-5-12(10-17)6-8-15/h2-9,11,18H,1H3. The Labute approximate surface area is 115 Å². The van der Waals surface area contributed by atoms with Gasteiger partial charge >= 0.3 is 0 Å². The van der Waals surface area contributed by atoms with Crippen molar-refractivity contribution in [1.29, 1.82) is 5.26 Å². The van der Waals surface area contributed by atoms with Gasteiger partial charge in [0.2, 0.25) is 0 Å². The maximum atomic E-state index is 8.74. The minimum atomic E-state index is 0.218. The van der Waals surface area contributed by atoms with E-state index in [1.807, 2.05) is 36.4 Å². The first-order chi connectivity index (χ1) is 8.69. The number of nitrogens with zero attached hydrogens (tertiary/aromatic N) is 1.